The number of nitrogens with one attached hydrogen (secondary N) is 1. The molecule has 0 aliphatic rings. The van der Waals surface area contributed by atoms with Crippen molar-refractivity contribution in [2.24, 2.45) is 5.73 Å². The van der Waals surface area contributed by atoms with Crippen molar-refractivity contribution in [3.63, 3.8) is 0 Å². The van der Waals surface area contributed by atoms with Gasteiger partial charge in [-0.05, 0) is 25.0 Å². The van der Waals surface area contributed by atoms with Gasteiger partial charge in [0.15, 0.2) is 0 Å². The van der Waals surface area contributed by atoms with Crippen LogP contribution in [0.4, 0.5) is 4.39 Å². The van der Waals surface area contributed by atoms with Gasteiger partial charge in [0.25, 0.3) is 0 Å². The third kappa shape index (κ3) is 4.36. The first-order chi connectivity index (χ1) is 11.0. The molecule has 3 N–H and O–H groups in total. The SMILES string of the molecule is CCC(CC)(CN)NC(=O)Cc1csc(-c2cccc(F)c2)n1. The standard InChI is InChI=1S/C17H22FN3OS/c1-3-17(4-2,11-19)21-15(22)9-14-10-23-16(20-14)12-6-5-7-13(18)8-12/h5-8,10H,3-4,9,11,19H2,1-2H3,(H,21,22). The van der Waals surface area contributed by atoms with Gasteiger partial charge in [-0.2, -0.15) is 0 Å². The second kappa shape index (κ2) is 7.66. The van der Waals surface area contributed by atoms with Crippen LogP contribution in [0.25, 0.3) is 10.6 Å². The zero-order valence-electron chi connectivity index (χ0n) is 13.4. The minimum Gasteiger partial charge on any atom is -0.349 e. The largest absolute Gasteiger partial charge is 0.349 e. The monoisotopic (exact) mass is 335 g/mol. The molecule has 23 heavy (non-hydrogen) atoms. The fourth-order valence-corrected chi connectivity index (χ4v) is 3.23. The van der Waals surface area contributed by atoms with Crippen LogP contribution in [0, 0.1) is 5.82 Å². The van der Waals surface area contributed by atoms with Gasteiger partial charge in [-0.25, -0.2) is 9.37 Å². The van der Waals surface area contributed by atoms with E-state index in [1.165, 1.54) is 23.5 Å². The average Bonchev–Trinajstić information content (AvgIpc) is 3.01. The van der Waals surface area contributed by atoms with E-state index in [1.807, 2.05) is 19.2 Å². The Bertz CT molecular complexity index is 659. The van der Waals surface area contributed by atoms with Crippen LogP contribution in [0.1, 0.15) is 32.4 Å². The molecule has 0 aliphatic heterocycles. The van der Waals surface area contributed by atoms with Crippen LogP contribution in [0.15, 0.2) is 29.6 Å². The summed E-state index contributed by atoms with van der Waals surface area (Å²) >= 11 is 1.41. The van der Waals surface area contributed by atoms with Gasteiger partial charge in [-0.3, -0.25) is 4.79 Å². The highest BCUT2D eigenvalue weighted by Gasteiger charge is 2.26. The number of hydrogen-bond acceptors (Lipinski definition) is 4. The van der Waals surface area contributed by atoms with E-state index in [4.69, 9.17) is 5.73 Å². The second-order valence-corrected chi connectivity index (χ2v) is 6.43. The number of carbonyl (C=O) groups excluding carboxylic acids is 1. The molecular formula is C17H22FN3OS. The first-order valence-corrected chi connectivity index (χ1v) is 8.61. The predicted molar refractivity (Wildman–Crippen MR) is 91.7 cm³/mol. The molecule has 2 rings (SSSR count). The second-order valence-electron chi connectivity index (χ2n) is 5.57. The molecule has 1 aromatic heterocycles. The Morgan fingerprint density at radius 3 is 2.74 bits per heavy atom. The van der Waals surface area contributed by atoms with E-state index in [9.17, 15) is 9.18 Å². The van der Waals surface area contributed by atoms with Crippen molar-refractivity contribution in [3.05, 3.63) is 41.2 Å². The number of amides is 1. The minimum atomic E-state index is -0.349. The molecule has 0 atom stereocenters. The molecule has 6 heteroatoms. The zero-order chi connectivity index (χ0) is 16.9. The van der Waals surface area contributed by atoms with Gasteiger partial charge >= 0.3 is 0 Å². The average molecular weight is 335 g/mol. The van der Waals surface area contributed by atoms with Gasteiger partial charge in [0.1, 0.15) is 10.8 Å². The van der Waals surface area contributed by atoms with Crippen molar-refractivity contribution in [1.82, 2.24) is 10.3 Å². The number of benzene rings is 1. The van der Waals surface area contributed by atoms with Crippen LogP contribution in [0.5, 0.6) is 0 Å². The lowest BCUT2D eigenvalue weighted by molar-refractivity contribution is -0.122. The number of halogens is 1. The molecule has 4 nitrogen and oxygen atoms in total. The topological polar surface area (TPSA) is 68.0 Å². The number of nitrogens with zero attached hydrogens (tertiary/aromatic N) is 1. The van der Waals surface area contributed by atoms with Crippen molar-refractivity contribution in [3.8, 4) is 10.6 Å². The quantitative estimate of drug-likeness (QED) is 0.817. The van der Waals surface area contributed by atoms with E-state index in [2.05, 4.69) is 10.3 Å². The van der Waals surface area contributed by atoms with Gasteiger partial charge < -0.3 is 11.1 Å². The summed E-state index contributed by atoms with van der Waals surface area (Å²) < 4.78 is 13.3. The first kappa shape index (κ1) is 17.6. The van der Waals surface area contributed by atoms with Gasteiger partial charge in [0.2, 0.25) is 5.91 Å². The predicted octanol–water partition coefficient (Wildman–Crippen LogP) is 3.13. The van der Waals surface area contributed by atoms with Crippen LogP contribution >= 0.6 is 11.3 Å². The van der Waals surface area contributed by atoms with Gasteiger partial charge in [-0.1, -0.05) is 26.0 Å². The van der Waals surface area contributed by atoms with Crippen molar-refractivity contribution in [1.29, 1.82) is 0 Å². The van der Waals surface area contributed by atoms with E-state index in [0.717, 1.165) is 18.4 Å². The lowest BCUT2D eigenvalue weighted by atomic mass is 9.92. The maximum absolute atomic E-state index is 13.3. The van der Waals surface area contributed by atoms with Crippen LogP contribution in [0.3, 0.4) is 0 Å². The van der Waals surface area contributed by atoms with Crippen LogP contribution in [0.2, 0.25) is 0 Å². The van der Waals surface area contributed by atoms with E-state index >= 15 is 0 Å². The molecule has 0 radical (unpaired) electrons. The summed E-state index contributed by atoms with van der Waals surface area (Å²) in [4.78, 5) is 16.7. The zero-order valence-corrected chi connectivity index (χ0v) is 14.3. The summed E-state index contributed by atoms with van der Waals surface area (Å²) in [6.07, 6.45) is 1.78. The van der Waals surface area contributed by atoms with Crippen molar-refractivity contribution >= 4 is 17.2 Å². The summed E-state index contributed by atoms with van der Waals surface area (Å²) in [6, 6.07) is 6.29. The van der Waals surface area contributed by atoms with Crippen LogP contribution < -0.4 is 11.1 Å². The Morgan fingerprint density at radius 2 is 2.13 bits per heavy atom. The summed E-state index contributed by atoms with van der Waals surface area (Å²) in [6.45, 7) is 4.44. The fourth-order valence-electron chi connectivity index (χ4n) is 2.41. The Labute approximate surface area is 139 Å². The number of hydrogen-bond donors (Lipinski definition) is 2. The smallest absolute Gasteiger partial charge is 0.226 e. The molecule has 0 spiro atoms. The molecule has 0 bridgehead atoms. The van der Waals surface area contributed by atoms with Crippen molar-refractivity contribution in [2.45, 2.75) is 38.6 Å². The van der Waals surface area contributed by atoms with Crippen molar-refractivity contribution < 1.29 is 9.18 Å². The molecule has 124 valence electrons. The van der Waals surface area contributed by atoms with Crippen molar-refractivity contribution in [2.75, 3.05) is 6.54 Å². The van der Waals surface area contributed by atoms with Gasteiger partial charge in [0, 0.05) is 17.5 Å². The molecule has 1 heterocycles. The molecule has 0 saturated carbocycles. The van der Waals surface area contributed by atoms with E-state index in [1.54, 1.807) is 12.1 Å². The summed E-state index contributed by atoms with van der Waals surface area (Å²) in [7, 11) is 0. The molecule has 0 aliphatic carbocycles. The summed E-state index contributed by atoms with van der Waals surface area (Å²) in [5.41, 5.74) is 6.86. The maximum atomic E-state index is 13.3. The van der Waals surface area contributed by atoms with E-state index in [0.29, 0.717) is 17.2 Å². The third-order valence-electron chi connectivity index (χ3n) is 4.11. The highest BCUT2D eigenvalue weighted by Crippen LogP contribution is 2.24. The maximum Gasteiger partial charge on any atom is 0.226 e. The fraction of sp³-hybridized carbons (Fsp3) is 0.412. The Balaban J connectivity index is 2.06. The van der Waals surface area contributed by atoms with Crippen LogP contribution in [-0.2, 0) is 11.2 Å². The van der Waals surface area contributed by atoms with E-state index in [-0.39, 0.29) is 23.7 Å². The van der Waals surface area contributed by atoms with Gasteiger partial charge in [0.05, 0.1) is 17.7 Å². The van der Waals surface area contributed by atoms with Crippen LogP contribution in [-0.4, -0.2) is 23.0 Å². The summed E-state index contributed by atoms with van der Waals surface area (Å²) in [5, 5.41) is 5.57. The normalized spacial score (nSPS) is 11.5. The van der Waals surface area contributed by atoms with E-state index < -0.39 is 0 Å². The number of rotatable bonds is 7. The molecular weight excluding hydrogens is 313 g/mol. The number of thiazole rings is 1. The number of carbonyl (C=O) groups is 1. The number of nitrogens with two attached hydrogens (primary N) is 1. The lowest BCUT2D eigenvalue weighted by Gasteiger charge is -2.31. The Kier molecular flexibility index (Phi) is 5.85. The molecule has 0 unspecified atom stereocenters. The lowest BCUT2D eigenvalue weighted by Crippen LogP contribution is -2.53. The molecule has 1 amide bonds. The van der Waals surface area contributed by atoms with Gasteiger partial charge in [-0.15, -0.1) is 11.3 Å². The minimum absolute atomic E-state index is 0.0877. The third-order valence-corrected chi connectivity index (χ3v) is 5.05. The Hall–Kier alpha value is -1.79. The highest BCUT2D eigenvalue weighted by atomic mass is 32.1. The molecule has 1 aromatic carbocycles. The number of aromatic nitrogens is 1. The molecule has 0 saturated heterocycles. The molecule has 0 fully saturated rings. The Morgan fingerprint density at radius 1 is 1.39 bits per heavy atom. The molecule has 2 aromatic rings. The highest BCUT2D eigenvalue weighted by molar-refractivity contribution is 7.13. The summed E-state index contributed by atoms with van der Waals surface area (Å²) in [5.74, 6) is -0.383. The first-order valence-electron chi connectivity index (χ1n) is 7.73.